The molecule has 0 saturated heterocycles. The molecule has 0 unspecified atom stereocenters. The van der Waals surface area contributed by atoms with E-state index in [-0.39, 0.29) is 37.7 Å². The van der Waals surface area contributed by atoms with Gasteiger partial charge in [-0.25, -0.2) is 0 Å². The Labute approximate surface area is 88.2 Å². The Bertz CT molecular complexity index is 136. The second-order valence-electron chi connectivity index (χ2n) is 2.24. The van der Waals surface area contributed by atoms with Gasteiger partial charge in [0.05, 0.1) is 0 Å². The first kappa shape index (κ1) is 12.8. The predicted molar refractivity (Wildman–Crippen MR) is 37.6 cm³/mol. The van der Waals surface area contributed by atoms with Crippen molar-refractivity contribution in [2.24, 2.45) is 5.41 Å². The van der Waals surface area contributed by atoms with Gasteiger partial charge in [-0.2, -0.15) is 0 Å². The molecule has 56 valence electrons. The fourth-order valence-electron chi connectivity index (χ4n) is 0.0915. The molecule has 0 saturated carbocycles. The van der Waals surface area contributed by atoms with Crippen LogP contribution in [-0.4, -0.2) is 59.9 Å². The molecule has 5 heteroatoms. The maximum atomic E-state index is 10.1. The van der Waals surface area contributed by atoms with Gasteiger partial charge in [0.2, 0.25) is 0 Å². The third kappa shape index (κ3) is 2.86. The second kappa shape index (κ2) is 4.16. The van der Waals surface area contributed by atoms with Gasteiger partial charge in [0.1, 0.15) is 0 Å². The molecule has 0 aromatic rings. The fourth-order valence-corrected chi connectivity index (χ4v) is 0.0915. The molecule has 0 aromatic heterocycles. The maximum absolute atomic E-state index is 10.1. The molecule has 0 atom stereocenters. The van der Waals surface area contributed by atoms with Crippen molar-refractivity contribution in [1.29, 1.82) is 0 Å². The Balaban J connectivity index is 0. The van der Waals surface area contributed by atoms with Gasteiger partial charge in [0, 0.05) is 0 Å². The van der Waals surface area contributed by atoms with Crippen LogP contribution in [0, 0.1) is 5.41 Å². The van der Waals surface area contributed by atoms with Crippen LogP contribution in [0.2, 0.25) is 0 Å². The third-order valence-electron chi connectivity index (χ3n) is 1.07. The molecule has 0 aliphatic carbocycles. The van der Waals surface area contributed by atoms with E-state index in [0.29, 0.717) is 0 Å². The number of rotatable bonds is 2. The van der Waals surface area contributed by atoms with Crippen molar-refractivity contribution in [3.05, 3.63) is 0 Å². The van der Waals surface area contributed by atoms with E-state index in [1.54, 1.807) is 0 Å². The summed E-state index contributed by atoms with van der Waals surface area (Å²) in [5, 5.41) is 16.5. The first-order valence-electron chi connectivity index (χ1n) is 2.36. The molecule has 0 amide bonds. The van der Waals surface area contributed by atoms with Crippen molar-refractivity contribution < 1.29 is 19.8 Å². The molecule has 0 aliphatic rings. The SMILES string of the molecule is CC(C)(C(=O)O)C(=O)O.[CaH2]. The van der Waals surface area contributed by atoms with Gasteiger partial charge < -0.3 is 10.2 Å². The van der Waals surface area contributed by atoms with E-state index >= 15 is 0 Å². The van der Waals surface area contributed by atoms with Crippen molar-refractivity contribution in [3.8, 4) is 0 Å². The van der Waals surface area contributed by atoms with Crippen LogP contribution in [0.25, 0.3) is 0 Å². The van der Waals surface area contributed by atoms with E-state index in [0.717, 1.165) is 13.8 Å². The zero-order valence-electron chi connectivity index (χ0n) is 5.21. The monoisotopic (exact) mass is 174 g/mol. The van der Waals surface area contributed by atoms with Crippen LogP contribution < -0.4 is 0 Å². The minimum absolute atomic E-state index is 0. The molecule has 2 N–H and O–H groups in total. The average molecular weight is 174 g/mol. The van der Waals surface area contributed by atoms with Crippen molar-refractivity contribution in [3.63, 3.8) is 0 Å². The number of carboxylic acid groups (broad SMARTS) is 2. The number of aliphatic carboxylic acids is 2. The van der Waals surface area contributed by atoms with Gasteiger partial charge in [-0.05, 0) is 13.8 Å². The normalized spacial score (nSPS) is 9.80. The summed E-state index contributed by atoms with van der Waals surface area (Å²) in [5.74, 6) is -2.65. The molecular weight excluding hydrogens is 164 g/mol. The first-order chi connectivity index (χ1) is 3.89. The van der Waals surface area contributed by atoms with Crippen molar-refractivity contribution in [1.82, 2.24) is 0 Å². The average Bonchev–Trinajstić information content (AvgIpc) is 1.65. The Morgan fingerprint density at radius 1 is 1.10 bits per heavy atom. The predicted octanol–water partition coefficient (Wildman–Crippen LogP) is -0.734. The molecule has 0 spiro atoms. The zero-order chi connectivity index (χ0) is 7.65. The topological polar surface area (TPSA) is 74.6 Å². The first-order valence-corrected chi connectivity index (χ1v) is 2.36. The van der Waals surface area contributed by atoms with Gasteiger partial charge in [0.25, 0.3) is 0 Å². The fraction of sp³-hybridized carbons (Fsp3) is 0.600. The van der Waals surface area contributed by atoms with Gasteiger partial charge in [-0.3, -0.25) is 9.59 Å². The number of hydrogen-bond donors (Lipinski definition) is 2. The summed E-state index contributed by atoms with van der Waals surface area (Å²) < 4.78 is 0. The molecule has 0 aromatic carbocycles. The summed E-state index contributed by atoms with van der Waals surface area (Å²) in [6.07, 6.45) is 0. The van der Waals surface area contributed by atoms with E-state index in [2.05, 4.69) is 0 Å². The van der Waals surface area contributed by atoms with Gasteiger partial charge in [-0.1, -0.05) is 0 Å². The Morgan fingerprint density at radius 2 is 1.30 bits per heavy atom. The Kier molecular flexibility index (Phi) is 5.34. The third-order valence-corrected chi connectivity index (χ3v) is 1.07. The van der Waals surface area contributed by atoms with Crippen LogP contribution in [0.1, 0.15) is 13.8 Å². The molecule has 0 aliphatic heterocycles. The summed E-state index contributed by atoms with van der Waals surface area (Å²) in [6, 6.07) is 0. The Hall–Kier alpha value is 0.200. The quantitative estimate of drug-likeness (QED) is 0.427. The molecular formula is C5H10CaO4. The summed E-state index contributed by atoms with van der Waals surface area (Å²) in [4.78, 5) is 20.2. The van der Waals surface area contributed by atoms with E-state index in [4.69, 9.17) is 10.2 Å². The van der Waals surface area contributed by atoms with Crippen LogP contribution in [0.3, 0.4) is 0 Å². The summed E-state index contributed by atoms with van der Waals surface area (Å²) in [6.45, 7) is 2.27. The van der Waals surface area contributed by atoms with Crippen molar-refractivity contribution in [2.75, 3.05) is 0 Å². The molecule has 0 rings (SSSR count). The van der Waals surface area contributed by atoms with Crippen LogP contribution in [0.4, 0.5) is 0 Å². The van der Waals surface area contributed by atoms with E-state index in [1.807, 2.05) is 0 Å². The van der Waals surface area contributed by atoms with Crippen molar-refractivity contribution in [2.45, 2.75) is 13.8 Å². The van der Waals surface area contributed by atoms with Crippen LogP contribution in [0.15, 0.2) is 0 Å². The van der Waals surface area contributed by atoms with Gasteiger partial charge in [0.15, 0.2) is 5.41 Å². The molecule has 0 radical (unpaired) electrons. The zero-order valence-corrected chi connectivity index (χ0v) is 5.21. The van der Waals surface area contributed by atoms with E-state index in [9.17, 15) is 9.59 Å². The minimum atomic E-state index is -1.67. The Morgan fingerprint density at radius 3 is 1.30 bits per heavy atom. The molecule has 4 nitrogen and oxygen atoms in total. The number of hydrogen-bond acceptors (Lipinski definition) is 2. The van der Waals surface area contributed by atoms with Crippen LogP contribution >= 0.6 is 0 Å². The molecule has 0 bridgehead atoms. The van der Waals surface area contributed by atoms with Crippen molar-refractivity contribution >= 4 is 49.7 Å². The summed E-state index contributed by atoms with van der Waals surface area (Å²) >= 11 is 0. The molecule has 0 heterocycles. The second-order valence-corrected chi connectivity index (χ2v) is 2.24. The summed E-state index contributed by atoms with van der Waals surface area (Å²) in [5.41, 5.74) is -1.67. The number of carboxylic acids is 2. The summed E-state index contributed by atoms with van der Waals surface area (Å²) in [7, 11) is 0. The standard InChI is InChI=1S/C5H8O4.Ca.2H/c1-5(2,3(6)7)4(8)9;;;/h1-2H3,(H,6,7)(H,8,9);;;. The van der Waals surface area contributed by atoms with Gasteiger partial charge in [-0.15, -0.1) is 0 Å². The number of carbonyl (C=O) groups is 2. The van der Waals surface area contributed by atoms with Crippen LogP contribution in [0.5, 0.6) is 0 Å². The molecule has 0 fully saturated rings. The molecule has 10 heavy (non-hydrogen) atoms. The van der Waals surface area contributed by atoms with Crippen LogP contribution in [-0.2, 0) is 9.59 Å². The van der Waals surface area contributed by atoms with Gasteiger partial charge >= 0.3 is 49.7 Å². The van der Waals surface area contributed by atoms with E-state index in [1.165, 1.54) is 0 Å². The van der Waals surface area contributed by atoms with E-state index < -0.39 is 17.4 Å².